The molecule has 0 aliphatic carbocycles. The number of rotatable bonds is 2. The highest BCUT2D eigenvalue weighted by Crippen LogP contribution is 2.26. The molecule has 0 radical (unpaired) electrons. The lowest BCUT2D eigenvalue weighted by molar-refractivity contribution is 0.0951. The number of aryl methyl sites for hydroxylation is 1. The number of methoxy groups -OCH3 is 1. The van der Waals surface area contributed by atoms with Gasteiger partial charge < -0.3 is 19.5 Å². The molecule has 0 fully saturated rings. The molecule has 0 atom stereocenters. The molecular weight excluding hydrogens is 284 g/mol. The Morgan fingerprint density at radius 1 is 1.32 bits per heavy atom. The molecule has 0 spiro atoms. The van der Waals surface area contributed by atoms with Crippen LogP contribution in [0.25, 0.3) is 22.8 Å². The number of ether oxygens (including phenoxy) is 1. The predicted octanol–water partition coefficient (Wildman–Crippen LogP) is 1.90. The van der Waals surface area contributed by atoms with Crippen LogP contribution in [0.15, 0.2) is 22.6 Å². The van der Waals surface area contributed by atoms with Gasteiger partial charge in [-0.05, 0) is 25.0 Å². The molecule has 22 heavy (non-hydrogen) atoms. The molecule has 0 saturated heterocycles. The lowest BCUT2D eigenvalue weighted by atomic mass is 10.2. The van der Waals surface area contributed by atoms with Crippen LogP contribution in [0.1, 0.15) is 22.6 Å². The van der Waals surface area contributed by atoms with Crippen molar-refractivity contribution in [1.29, 1.82) is 0 Å². The van der Waals surface area contributed by atoms with E-state index in [0.717, 1.165) is 18.5 Å². The fraction of sp³-hybridized carbons (Fsp3) is 0.267. The van der Waals surface area contributed by atoms with Gasteiger partial charge in [0.25, 0.3) is 11.8 Å². The van der Waals surface area contributed by atoms with Crippen molar-refractivity contribution in [2.24, 2.45) is 0 Å². The summed E-state index contributed by atoms with van der Waals surface area (Å²) in [6.45, 7) is 0.668. The molecule has 0 unspecified atom stereocenters. The van der Waals surface area contributed by atoms with Gasteiger partial charge in [0.1, 0.15) is 17.0 Å². The Kier molecular flexibility index (Phi) is 2.85. The van der Waals surface area contributed by atoms with Gasteiger partial charge in [-0.1, -0.05) is 0 Å². The Morgan fingerprint density at radius 3 is 3.09 bits per heavy atom. The van der Waals surface area contributed by atoms with Gasteiger partial charge in [-0.15, -0.1) is 0 Å². The predicted molar refractivity (Wildman–Crippen MR) is 78.8 cm³/mol. The summed E-state index contributed by atoms with van der Waals surface area (Å²) in [6.07, 6.45) is 1.65. The summed E-state index contributed by atoms with van der Waals surface area (Å²) in [5.41, 5.74) is 2.58. The highest BCUT2D eigenvalue weighted by atomic mass is 16.5. The second kappa shape index (κ2) is 4.87. The molecule has 7 heteroatoms. The number of oxazole rings is 1. The molecule has 1 aliphatic rings. The number of nitrogens with zero attached hydrogens (tertiary/aromatic N) is 2. The van der Waals surface area contributed by atoms with Crippen molar-refractivity contribution in [2.75, 3.05) is 13.7 Å². The number of aromatic nitrogens is 3. The first-order chi connectivity index (χ1) is 10.7. The third-order valence-electron chi connectivity index (χ3n) is 3.68. The minimum atomic E-state index is -0.159. The summed E-state index contributed by atoms with van der Waals surface area (Å²) >= 11 is 0. The number of amides is 1. The number of aromatic amines is 1. The maximum atomic E-state index is 11.9. The Morgan fingerprint density at radius 2 is 2.23 bits per heavy atom. The molecule has 3 heterocycles. The van der Waals surface area contributed by atoms with Crippen molar-refractivity contribution in [1.82, 2.24) is 20.3 Å². The number of hydrogen-bond donors (Lipinski definition) is 2. The molecule has 4 rings (SSSR count). The highest BCUT2D eigenvalue weighted by molar-refractivity contribution is 5.94. The Hall–Kier alpha value is -2.83. The van der Waals surface area contributed by atoms with Crippen LogP contribution < -0.4 is 10.1 Å². The average molecular weight is 298 g/mol. The second-order valence-corrected chi connectivity index (χ2v) is 5.12. The van der Waals surface area contributed by atoms with E-state index in [0.29, 0.717) is 40.8 Å². The first kappa shape index (κ1) is 12.9. The molecule has 2 aromatic heterocycles. The Balaban J connectivity index is 1.79. The van der Waals surface area contributed by atoms with Gasteiger partial charge in [0.2, 0.25) is 0 Å². The van der Waals surface area contributed by atoms with Crippen LogP contribution in [-0.4, -0.2) is 34.5 Å². The van der Waals surface area contributed by atoms with Crippen LogP contribution in [0, 0.1) is 0 Å². The number of fused-ring (bicyclic) bond motifs is 2. The van der Waals surface area contributed by atoms with E-state index in [2.05, 4.69) is 20.3 Å². The molecule has 0 bridgehead atoms. The van der Waals surface area contributed by atoms with Crippen LogP contribution in [0.5, 0.6) is 5.75 Å². The standard InChI is InChI=1S/C15H14N4O3/c1-21-8-4-5-11-10(7-8)18-15(22-11)13-17-9-3-2-6-16-14(20)12(9)19-13/h4-5,7H,2-3,6H2,1H3,(H,16,20)(H,17,19). The van der Waals surface area contributed by atoms with Crippen LogP contribution in [0.2, 0.25) is 0 Å². The van der Waals surface area contributed by atoms with E-state index in [1.165, 1.54) is 0 Å². The third kappa shape index (κ3) is 2.02. The smallest absolute Gasteiger partial charge is 0.271 e. The van der Waals surface area contributed by atoms with Crippen LogP contribution in [0.4, 0.5) is 0 Å². The molecule has 1 aliphatic heterocycles. The summed E-state index contributed by atoms with van der Waals surface area (Å²) in [7, 11) is 1.60. The largest absolute Gasteiger partial charge is 0.497 e. The van der Waals surface area contributed by atoms with Crippen molar-refractivity contribution in [3.63, 3.8) is 0 Å². The minimum Gasteiger partial charge on any atom is -0.497 e. The van der Waals surface area contributed by atoms with Crippen molar-refractivity contribution >= 4 is 17.0 Å². The van der Waals surface area contributed by atoms with Gasteiger partial charge in [-0.2, -0.15) is 0 Å². The first-order valence-electron chi connectivity index (χ1n) is 7.06. The van der Waals surface area contributed by atoms with Gasteiger partial charge in [-0.3, -0.25) is 4.79 Å². The monoisotopic (exact) mass is 298 g/mol. The number of nitrogens with one attached hydrogen (secondary N) is 2. The number of benzene rings is 1. The molecular formula is C15H14N4O3. The van der Waals surface area contributed by atoms with Gasteiger partial charge in [-0.25, -0.2) is 9.97 Å². The van der Waals surface area contributed by atoms with Crippen molar-refractivity contribution in [3.8, 4) is 17.5 Å². The van der Waals surface area contributed by atoms with Crippen LogP contribution in [-0.2, 0) is 6.42 Å². The maximum absolute atomic E-state index is 11.9. The summed E-state index contributed by atoms with van der Waals surface area (Å²) in [5.74, 6) is 1.39. The fourth-order valence-corrected chi connectivity index (χ4v) is 2.57. The van der Waals surface area contributed by atoms with Crippen molar-refractivity contribution in [2.45, 2.75) is 12.8 Å². The first-order valence-corrected chi connectivity index (χ1v) is 7.06. The van der Waals surface area contributed by atoms with E-state index in [1.807, 2.05) is 6.07 Å². The van der Waals surface area contributed by atoms with E-state index in [4.69, 9.17) is 9.15 Å². The minimum absolute atomic E-state index is 0.159. The molecule has 3 aromatic rings. The second-order valence-electron chi connectivity index (χ2n) is 5.12. The Labute approximate surface area is 125 Å². The molecule has 2 N–H and O–H groups in total. The fourth-order valence-electron chi connectivity index (χ4n) is 2.57. The zero-order valence-corrected chi connectivity index (χ0v) is 12.0. The molecule has 1 amide bonds. The lowest BCUT2D eigenvalue weighted by Crippen LogP contribution is -2.23. The highest BCUT2D eigenvalue weighted by Gasteiger charge is 2.22. The van der Waals surface area contributed by atoms with E-state index in [1.54, 1.807) is 19.2 Å². The molecule has 7 nitrogen and oxygen atoms in total. The lowest BCUT2D eigenvalue weighted by Gasteiger charge is -1.95. The maximum Gasteiger partial charge on any atom is 0.271 e. The van der Waals surface area contributed by atoms with Crippen molar-refractivity contribution < 1.29 is 13.9 Å². The van der Waals surface area contributed by atoms with Gasteiger partial charge >= 0.3 is 0 Å². The average Bonchev–Trinajstić information content (AvgIpc) is 3.10. The summed E-state index contributed by atoms with van der Waals surface area (Å²) in [6, 6.07) is 5.40. The normalized spacial score (nSPS) is 14.5. The van der Waals surface area contributed by atoms with E-state index in [9.17, 15) is 4.79 Å². The van der Waals surface area contributed by atoms with E-state index in [-0.39, 0.29) is 5.91 Å². The van der Waals surface area contributed by atoms with Gasteiger partial charge in [0.05, 0.1) is 7.11 Å². The summed E-state index contributed by atoms with van der Waals surface area (Å²) in [5, 5.41) is 2.82. The number of carbonyl (C=O) groups is 1. The van der Waals surface area contributed by atoms with Gasteiger partial charge in [0, 0.05) is 18.3 Å². The summed E-state index contributed by atoms with van der Waals surface area (Å²) in [4.78, 5) is 23.9. The topological polar surface area (TPSA) is 93.0 Å². The molecule has 112 valence electrons. The SMILES string of the molecule is COc1ccc2oc(-c3nc4c([nH]3)CCCNC4=O)nc2c1. The van der Waals surface area contributed by atoms with Crippen LogP contribution >= 0.6 is 0 Å². The number of imidazole rings is 1. The quantitative estimate of drug-likeness (QED) is 0.753. The molecule has 1 aromatic carbocycles. The van der Waals surface area contributed by atoms with Gasteiger partial charge in [0.15, 0.2) is 11.4 Å². The van der Waals surface area contributed by atoms with E-state index < -0.39 is 0 Å². The zero-order valence-electron chi connectivity index (χ0n) is 12.0. The number of H-pyrrole nitrogens is 1. The molecule has 0 saturated carbocycles. The van der Waals surface area contributed by atoms with Crippen molar-refractivity contribution in [3.05, 3.63) is 29.6 Å². The number of hydrogen-bond acceptors (Lipinski definition) is 5. The number of carbonyl (C=O) groups excluding carboxylic acids is 1. The Bertz CT molecular complexity index is 865. The van der Waals surface area contributed by atoms with Crippen LogP contribution in [0.3, 0.4) is 0 Å². The van der Waals surface area contributed by atoms with E-state index >= 15 is 0 Å². The summed E-state index contributed by atoms with van der Waals surface area (Å²) < 4.78 is 10.9. The zero-order chi connectivity index (χ0) is 15.1. The third-order valence-corrected chi connectivity index (χ3v) is 3.68.